The van der Waals surface area contributed by atoms with Gasteiger partial charge in [-0.3, -0.25) is 5.32 Å². The van der Waals surface area contributed by atoms with Crippen LogP contribution < -0.4 is 5.32 Å². The van der Waals surface area contributed by atoms with Crippen molar-refractivity contribution >= 4 is 34.2 Å². The number of hydrogen-bond donors (Lipinski definition) is 2. The van der Waals surface area contributed by atoms with E-state index in [0.29, 0.717) is 11.3 Å². The number of carbonyl (C=O) groups is 1. The highest BCUT2D eigenvalue weighted by atomic mass is 35.5. The lowest BCUT2D eigenvalue weighted by Gasteiger charge is -2.00. The molecule has 1 amide bonds. The van der Waals surface area contributed by atoms with Crippen LogP contribution >= 0.6 is 22.9 Å². The summed E-state index contributed by atoms with van der Waals surface area (Å²) in [4.78, 5) is 13.1. The molecule has 0 fully saturated rings. The minimum absolute atomic E-state index is 0.408. The van der Waals surface area contributed by atoms with Gasteiger partial charge in [0.15, 0.2) is 10.8 Å². The molecule has 1 aromatic heterocycles. The predicted molar refractivity (Wildman–Crippen MR) is 43.8 cm³/mol. The summed E-state index contributed by atoms with van der Waals surface area (Å²) >= 11 is 5.63. The molecule has 4 nitrogen and oxygen atoms in total. The average molecular weight is 247 g/mol. The van der Waals surface area contributed by atoms with Crippen molar-refractivity contribution in [3.8, 4) is 0 Å². The minimum Gasteiger partial charge on any atom is -0.465 e. The first-order valence-electron chi connectivity index (χ1n) is 3.04. The van der Waals surface area contributed by atoms with Crippen LogP contribution in [0.5, 0.6) is 0 Å². The van der Waals surface area contributed by atoms with Crippen LogP contribution in [0.3, 0.4) is 0 Å². The van der Waals surface area contributed by atoms with E-state index in [-0.39, 0.29) is 0 Å². The van der Waals surface area contributed by atoms with Crippen molar-refractivity contribution in [2.24, 2.45) is 0 Å². The van der Waals surface area contributed by atoms with E-state index in [1.807, 2.05) is 0 Å². The summed E-state index contributed by atoms with van der Waals surface area (Å²) in [5.41, 5.74) is -1.28. The summed E-state index contributed by atoms with van der Waals surface area (Å²) in [6, 6.07) is 0. The second kappa shape index (κ2) is 3.62. The number of anilines is 1. The summed E-state index contributed by atoms with van der Waals surface area (Å²) in [7, 11) is 0. The van der Waals surface area contributed by atoms with Crippen LogP contribution in [-0.2, 0) is 6.18 Å². The number of alkyl halides is 3. The first-order valence-corrected chi connectivity index (χ1v) is 4.23. The van der Waals surface area contributed by atoms with E-state index in [1.165, 1.54) is 0 Å². The molecule has 0 saturated carbocycles. The van der Waals surface area contributed by atoms with Crippen molar-refractivity contribution in [2.75, 3.05) is 5.32 Å². The fraction of sp³-hybridized carbons (Fsp3) is 0.200. The van der Waals surface area contributed by atoms with Gasteiger partial charge < -0.3 is 5.11 Å². The summed E-state index contributed by atoms with van der Waals surface area (Å²) in [5.74, 6) is 0. The molecule has 0 radical (unpaired) electrons. The Hall–Kier alpha value is -1.02. The second-order valence-corrected chi connectivity index (χ2v) is 3.67. The van der Waals surface area contributed by atoms with Crippen LogP contribution in [0.15, 0.2) is 0 Å². The molecule has 0 aliphatic heterocycles. The molecule has 0 spiro atoms. The Morgan fingerprint density at radius 2 is 2.14 bits per heavy atom. The van der Waals surface area contributed by atoms with Crippen molar-refractivity contribution < 1.29 is 23.1 Å². The number of thiazole rings is 1. The lowest BCUT2D eigenvalue weighted by molar-refractivity contribution is -0.140. The molecular weight excluding hydrogens is 245 g/mol. The zero-order valence-electron chi connectivity index (χ0n) is 6.22. The molecule has 0 aliphatic rings. The molecule has 2 N–H and O–H groups in total. The topological polar surface area (TPSA) is 62.2 Å². The fourth-order valence-electron chi connectivity index (χ4n) is 0.621. The van der Waals surface area contributed by atoms with Crippen LogP contribution in [0.25, 0.3) is 0 Å². The molecule has 9 heteroatoms. The van der Waals surface area contributed by atoms with E-state index in [0.717, 1.165) is 0 Å². The van der Waals surface area contributed by atoms with Gasteiger partial charge in [-0.2, -0.15) is 13.2 Å². The Kier molecular flexibility index (Phi) is 2.86. The number of carboxylic acid groups (broad SMARTS) is 1. The van der Waals surface area contributed by atoms with Crippen LogP contribution in [0.4, 0.5) is 23.1 Å². The van der Waals surface area contributed by atoms with Crippen molar-refractivity contribution in [2.45, 2.75) is 6.18 Å². The van der Waals surface area contributed by atoms with Crippen LogP contribution in [-0.4, -0.2) is 16.2 Å². The van der Waals surface area contributed by atoms with Gasteiger partial charge in [-0.05, 0) is 0 Å². The highest BCUT2D eigenvalue weighted by molar-refractivity contribution is 7.19. The van der Waals surface area contributed by atoms with E-state index in [2.05, 4.69) is 4.98 Å². The zero-order valence-corrected chi connectivity index (χ0v) is 7.80. The standard InChI is InChI=1S/C5H2ClF3N2O2S/c6-2-1(5(7,8)9)10-3(14-2)11-4(12)13/h(H,10,11)(H,12,13). The smallest absolute Gasteiger partial charge is 0.435 e. The number of amides is 1. The number of nitrogens with zero attached hydrogens (tertiary/aromatic N) is 1. The van der Waals surface area contributed by atoms with Gasteiger partial charge in [0.25, 0.3) is 0 Å². The van der Waals surface area contributed by atoms with E-state index in [4.69, 9.17) is 16.7 Å². The van der Waals surface area contributed by atoms with Gasteiger partial charge in [0.2, 0.25) is 0 Å². The third-order valence-electron chi connectivity index (χ3n) is 1.07. The summed E-state index contributed by atoms with van der Waals surface area (Å²) in [6.07, 6.45) is -6.17. The third kappa shape index (κ3) is 2.48. The number of halogens is 4. The van der Waals surface area contributed by atoms with Crippen molar-refractivity contribution in [3.63, 3.8) is 0 Å². The summed E-state index contributed by atoms with van der Waals surface area (Å²) < 4.78 is 35.7. The van der Waals surface area contributed by atoms with E-state index in [1.54, 1.807) is 5.32 Å². The number of aromatic nitrogens is 1. The molecule has 0 atom stereocenters. The average Bonchev–Trinajstić information content (AvgIpc) is 2.27. The first-order chi connectivity index (χ1) is 6.30. The van der Waals surface area contributed by atoms with Gasteiger partial charge in [0, 0.05) is 0 Å². The van der Waals surface area contributed by atoms with E-state index >= 15 is 0 Å². The predicted octanol–water partition coefficient (Wildman–Crippen LogP) is 2.91. The zero-order chi connectivity index (χ0) is 10.9. The van der Waals surface area contributed by atoms with Crippen LogP contribution in [0.2, 0.25) is 4.34 Å². The van der Waals surface area contributed by atoms with Crippen molar-refractivity contribution in [3.05, 3.63) is 10.0 Å². The van der Waals surface area contributed by atoms with Crippen molar-refractivity contribution in [1.82, 2.24) is 4.98 Å². The molecule has 0 aliphatic carbocycles. The molecule has 14 heavy (non-hydrogen) atoms. The molecule has 0 unspecified atom stereocenters. The molecule has 1 rings (SSSR count). The quantitative estimate of drug-likeness (QED) is 0.801. The van der Waals surface area contributed by atoms with Crippen LogP contribution in [0, 0.1) is 0 Å². The van der Waals surface area contributed by atoms with Gasteiger partial charge >= 0.3 is 12.3 Å². The largest absolute Gasteiger partial charge is 0.465 e. The highest BCUT2D eigenvalue weighted by Gasteiger charge is 2.37. The maximum absolute atomic E-state index is 12.1. The monoisotopic (exact) mass is 246 g/mol. The second-order valence-electron chi connectivity index (χ2n) is 2.07. The Bertz CT molecular complexity index is 364. The Morgan fingerprint density at radius 3 is 2.50 bits per heavy atom. The highest BCUT2D eigenvalue weighted by Crippen LogP contribution is 2.38. The van der Waals surface area contributed by atoms with Crippen LogP contribution in [0.1, 0.15) is 5.69 Å². The Balaban J connectivity index is 2.99. The molecule has 0 aromatic carbocycles. The summed E-state index contributed by atoms with van der Waals surface area (Å²) in [5, 5.41) is 9.47. The SMILES string of the molecule is O=C(O)Nc1nc(C(F)(F)F)c(Cl)s1. The maximum atomic E-state index is 12.1. The molecular formula is C5H2ClF3N2O2S. The normalized spacial score (nSPS) is 11.4. The molecule has 0 saturated heterocycles. The summed E-state index contributed by atoms with van der Waals surface area (Å²) in [6.45, 7) is 0. The Labute approximate surface area is 84.3 Å². The van der Waals surface area contributed by atoms with E-state index in [9.17, 15) is 18.0 Å². The van der Waals surface area contributed by atoms with Gasteiger partial charge in [0.05, 0.1) is 0 Å². The number of hydrogen-bond acceptors (Lipinski definition) is 3. The molecule has 0 bridgehead atoms. The number of rotatable bonds is 1. The fourth-order valence-corrected chi connectivity index (χ4v) is 1.69. The van der Waals surface area contributed by atoms with Gasteiger partial charge in [-0.25, -0.2) is 9.78 Å². The number of nitrogens with one attached hydrogen (secondary N) is 1. The van der Waals surface area contributed by atoms with E-state index < -0.39 is 27.4 Å². The van der Waals surface area contributed by atoms with Gasteiger partial charge in [-0.1, -0.05) is 22.9 Å². The molecule has 78 valence electrons. The molecule has 1 heterocycles. The minimum atomic E-state index is -4.67. The third-order valence-corrected chi connectivity index (χ3v) is 2.24. The van der Waals surface area contributed by atoms with Gasteiger partial charge in [-0.15, -0.1) is 0 Å². The lowest BCUT2D eigenvalue weighted by atomic mass is 10.5. The van der Waals surface area contributed by atoms with Crippen molar-refractivity contribution in [1.29, 1.82) is 0 Å². The molecule has 1 aromatic rings. The van der Waals surface area contributed by atoms with Gasteiger partial charge in [0.1, 0.15) is 4.34 Å². The lowest BCUT2D eigenvalue weighted by Crippen LogP contribution is -2.09. The maximum Gasteiger partial charge on any atom is 0.435 e. The first kappa shape index (κ1) is 11.1. The Morgan fingerprint density at radius 1 is 1.57 bits per heavy atom.